The van der Waals surface area contributed by atoms with Crippen LogP contribution in [0.3, 0.4) is 0 Å². The zero-order valence-electron chi connectivity index (χ0n) is 18.9. The van der Waals surface area contributed by atoms with Crippen LogP contribution in [0.25, 0.3) is 11.1 Å². The molecule has 4 rings (SSSR count). The Hall–Kier alpha value is -4.37. The van der Waals surface area contributed by atoms with Gasteiger partial charge < -0.3 is 14.5 Å². The molecule has 35 heavy (non-hydrogen) atoms. The summed E-state index contributed by atoms with van der Waals surface area (Å²) in [5.74, 6) is -0.890. The Bertz CT molecular complexity index is 1480. The van der Waals surface area contributed by atoms with Crippen LogP contribution in [-0.4, -0.2) is 27.3 Å². The molecule has 0 atom stereocenters. The van der Waals surface area contributed by atoms with E-state index in [0.717, 1.165) is 11.1 Å². The van der Waals surface area contributed by atoms with Crippen molar-refractivity contribution >= 4 is 27.5 Å². The summed E-state index contributed by atoms with van der Waals surface area (Å²) in [6.45, 7) is 1.52. The number of methoxy groups -OCH3 is 1. The van der Waals surface area contributed by atoms with Crippen LogP contribution in [0.15, 0.2) is 94.2 Å². The van der Waals surface area contributed by atoms with Crippen molar-refractivity contribution < 1.29 is 27.2 Å². The molecule has 0 aliphatic rings. The molecular formula is C26H22N2O6S. The number of amides is 2. The van der Waals surface area contributed by atoms with Gasteiger partial charge in [0.25, 0.3) is 15.9 Å². The Morgan fingerprint density at radius 3 is 2.20 bits per heavy atom. The van der Waals surface area contributed by atoms with Crippen molar-refractivity contribution in [2.75, 3.05) is 12.4 Å². The van der Waals surface area contributed by atoms with Gasteiger partial charge in [0.2, 0.25) is 0 Å². The lowest BCUT2D eigenvalue weighted by Crippen LogP contribution is -2.30. The number of aryl methyl sites for hydroxylation is 1. The van der Waals surface area contributed by atoms with Crippen molar-refractivity contribution in [1.82, 2.24) is 4.72 Å². The molecule has 3 aromatic carbocycles. The first-order valence-electron chi connectivity index (χ1n) is 10.6. The van der Waals surface area contributed by atoms with Crippen LogP contribution in [0.4, 0.5) is 5.69 Å². The van der Waals surface area contributed by atoms with Crippen molar-refractivity contribution in [3.05, 3.63) is 102 Å². The highest BCUT2D eigenvalue weighted by Gasteiger charge is 2.24. The molecule has 0 radical (unpaired) electrons. The maximum atomic E-state index is 13.0. The van der Waals surface area contributed by atoms with E-state index in [2.05, 4.69) is 5.32 Å². The number of carbonyl (C=O) groups is 2. The van der Waals surface area contributed by atoms with Crippen molar-refractivity contribution in [2.45, 2.75) is 11.8 Å². The summed E-state index contributed by atoms with van der Waals surface area (Å²) in [6.07, 6.45) is 0. The van der Waals surface area contributed by atoms with Crippen LogP contribution in [0.5, 0.6) is 5.75 Å². The maximum absolute atomic E-state index is 13.0. The van der Waals surface area contributed by atoms with Gasteiger partial charge in [0.05, 0.1) is 17.6 Å². The first kappa shape index (κ1) is 23.8. The Morgan fingerprint density at radius 1 is 0.857 bits per heavy atom. The monoisotopic (exact) mass is 490 g/mol. The van der Waals surface area contributed by atoms with E-state index in [9.17, 15) is 18.0 Å². The summed E-state index contributed by atoms with van der Waals surface area (Å²) in [4.78, 5) is 25.5. The second-order valence-electron chi connectivity index (χ2n) is 7.56. The van der Waals surface area contributed by atoms with Gasteiger partial charge in [-0.05, 0) is 42.8 Å². The van der Waals surface area contributed by atoms with Crippen LogP contribution >= 0.6 is 0 Å². The second-order valence-corrected chi connectivity index (χ2v) is 9.24. The molecule has 178 valence electrons. The molecule has 0 saturated heterocycles. The summed E-state index contributed by atoms with van der Waals surface area (Å²) in [6, 6.07) is 23.4. The molecule has 0 spiro atoms. The number of hydrogen-bond donors (Lipinski definition) is 2. The quantitative estimate of drug-likeness (QED) is 0.390. The summed E-state index contributed by atoms with van der Waals surface area (Å²) in [5.41, 5.74) is 2.33. The highest BCUT2D eigenvalue weighted by Crippen LogP contribution is 2.30. The number of nitrogens with one attached hydrogen (secondary N) is 2. The molecule has 2 N–H and O–H groups in total. The topological polar surface area (TPSA) is 115 Å². The molecule has 0 saturated carbocycles. The van der Waals surface area contributed by atoms with Crippen LogP contribution in [-0.2, 0) is 10.0 Å². The van der Waals surface area contributed by atoms with E-state index in [1.54, 1.807) is 37.4 Å². The lowest BCUT2D eigenvalue weighted by atomic mass is 10.0. The highest BCUT2D eigenvalue weighted by molar-refractivity contribution is 7.90. The van der Waals surface area contributed by atoms with Gasteiger partial charge in [-0.3, -0.25) is 9.59 Å². The van der Waals surface area contributed by atoms with Gasteiger partial charge in [-0.1, -0.05) is 48.5 Å². The van der Waals surface area contributed by atoms with E-state index in [0.29, 0.717) is 11.4 Å². The molecule has 2 amide bonds. The van der Waals surface area contributed by atoms with Crippen LogP contribution in [0.2, 0.25) is 0 Å². The molecule has 0 aliphatic carbocycles. The molecule has 4 aromatic rings. The van der Waals surface area contributed by atoms with E-state index >= 15 is 0 Å². The second kappa shape index (κ2) is 9.86. The van der Waals surface area contributed by atoms with Crippen LogP contribution in [0, 0.1) is 6.92 Å². The fourth-order valence-electron chi connectivity index (χ4n) is 3.45. The molecule has 0 fully saturated rings. The van der Waals surface area contributed by atoms with Crippen molar-refractivity contribution in [3.63, 3.8) is 0 Å². The molecule has 0 bridgehead atoms. The summed E-state index contributed by atoms with van der Waals surface area (Å²) in [7, 11) is -2.51. The Morgan fingerprint density at radius 2 is 1.51 bits per heavy atom. The van der Waals surface area contributed by atoms with Crippen molar-refractivity contribution in [3.8, 4) is 16.9 Å². The molecule has 9 heteroatoms. The molecule has 8 nitrogen and oxygen atoms in total. The Labute approximate surface area is 202 Å². The summed E-state index contributed by atoms with van der Waals surface area (Å²) in [5, 5.41) is 2.84. The van der Waals surface area contributed by atoms with Gasteiger partial charge in [-0.2, -0.15) is 0 Å². The Balaban J connectivity index is 1.54. The number of hydrogen-bond acceptors (Lipinski definition) is 6. The summed E-state index contributed by atoms with van der Waals surface area (Å²) < 4.78 is 37.4. The van der Waals surface area contributed by atoms with E-state index in [4.69, 9.17) is 9.15 Å². The number of carbonyl (C=O) groups excluding carboxylic acids is 2. The molecule has 0 unspecified atom stereocenters. The number of anilines is 1. The average Bonchev–Trinajstić information content (AvgIpc) is 3.27. The summed E-state index contributed by atoms with van der Waals surface area (Å²) >= 11 is 0. The van der Waals surface area contributed by atoms with E-state index < -0.39 is 21.8 Å². The minimum Gasteiger partial charge on any atom is -0.497 e. The SMILES string of the molecule is COc1ccc(-c2ccccc2NC(=O)c2cc(C(=O)NS(=O)(=O)c3ccccc3)oc2C)cc1. The maximum Gasteiger partial charge on any atom is 0.300 e. The van der Waals surface area contributed by atoms with Crippen LogP contribution < -0.4 is 14.8 Å². The fourth-order valence-corrected chi connectivity index (χ4v) is 4.43. The molecular weight excluding hydrogens is 468 g/mol. The number of rotatable bonds is 7. The van der Waals surface area contributed by atoms with Gasteiger partial charge >= 0.3 is 5.91 Å². The lowest BCUT2D eigenvalue weighted by Gasteiger charge is -2.11. The third kappa shape index (κ3) is 5.25. The van der Waals surface area contributed by atoms with E-state index in [-0.39, 0.29) is 22.0 Å². The van der Waals surface area contributed by atoms with Crippen molar-refractivity contribution in [1.29, 1.82) is 0 Å². The van der Waals surface area contributed by atoms with Gasteiger partial charge in [-0.15, -0.1) is 0 Å². The first-order chi connectivity index (χ1) is 16.8. The minimum atomic E-state index is -4.09. The number of ether oxygens (including phenoxy) is 1. The number of benzene rings is 3. The fraction of sp³-hybridized carbons (Fsp3) is 0.0769. The predicted molar refractivity (Wildman–Crippen MR) is 131 cm³/mol. The number of furan rings is 1. The largest absolute Gasteiger partial charge is 0.497 e. The van der Waals surface area contributed by atoms with Gasteiger partial charge in [0.1, 0.15) is 11.5 Å². The zero-order chi connectivity index (χ0) is 25.0. The van der Waals surface area contributed by atoms with Crippen LogP contribution in [0.1, 0.15) is 26.7 Å². The lowest BCUT2D eigenvalue weighted by molar-refractivity contribution is 0.0952. The average molecular weight is 491 g/mol. The van der Waals surface area contributed by atoms with Gasteiger partial charge in [0, 0.05) is 17.3 Å². The third-order valence-electron chi connectivity index (χ3n) is 5.24. The van der Waals surface area contributed by atoms with Crippen molar-refractivity contribution in [2.24, 2.45) is 0 Å². The van der Waals surface area contributed by atoms with Gasteiger partial charge in [0.15, 0.2) is 5.76 Å². The smallest absolute Gasteiger partial charge is 0.300 e. The zero-order valence-corrected chi connectivity index (χ0v) is 19.8. The molecule has 0 aliphatic heterocycles. The standard InChI is InChI=1S/C26H22N2O6S/c1-17-22(16-24(34-17)26(30)28-35(31,32)20-8-4-3-5-9-20)25(29)27-23-11-7-6-10-21(23)18-12-14-19(33-2)15-13-18/h3-16H,1-2H3,(H,27,29)(H,28,30). The third-order valence-corrected chi connectivity index (χ3v) is 6.59. The molecule has 1 aromatic heterocycles. The van der Waals surface area contributed by atoms with E-state index in [1.807, 2.05) is 41.1 Å². The number of sulfonamides is 1. The van der Waals surface area contributed by atoms with Gasteiger partial charge in [-0.25, -0.2) is 13.1 Å². The Kier molecular flexibility index (Phi) is 6.70. The highest BCUT2D eigenvalue weighted by atomic mass is 32.2. The number of para-hydroxylation sites is 1. The van der Waals surface area contributed by atoms with E-state index in [1.165, 1.54) is 25.1 Å². The first-order valence-corrected chi connectivity index (χ1v) is 12.0. The molecule has 1 heterocycles. The normalized spacial score (nSPS) is 11.0. The predicted octanol–water partition coefficient (Wildman–Crippen LogP) is 4.63. The minimum absolute atomic E-state index is 0.0651.